The molecule has 9 heteroatoms. The van der Waals surface area contributed by atoms with Crippen LogP contribution in [0.3, 0.4) is 0 Å². The van der Waals surface area contributed by atoms with Gasteiger partial charge in [-0.3, -0.25) is 4.68 Å². The number of carbonyl (C=O) groups is 1. The molecular weight excluding hydrogens is 346 g/mol. The largest absolute Gasteiger partial charge is 0.462 e. The average molecular weight is 369 g/mol. The van der Waals surface area contributed by atoms with Gasteiger partial charge in [-0.2, -0.15) is 10.2 Å². The molecule has 0 radical (unpaired) electrons. The number of esters is 1. The third kappa shape index (κ3) is 3.02. The summed E-state index contributed by atoms with van der Waals surface area (Å²) in [4.78, 5) is 23.4. The number of piperidine rings is 1. The van der Waals surface area contributed by atoms with Gasteiger partial charge in [0.1, 0.15) is 18.2 Å². The van der Waals surface area contributed by atoms with Crippen LogP contribution in [0.15, 0.2) is 18.9 Å². The number of hydrogen-bond donors (Lipinski definition) is 0. The molecule has 1 unspecified atom stereocenters. The van der Waals surface area contributed by atoms with Gasteiger partial charge < -0.3 is 9.64 Å². The third-order valence-electron chi connectivity index (χ3n) is 5.02. The molecule has 27 heavy (non-hydrogen) atoms. The molecule has 1 atom stereocenters. The monoisotopic (exact) mass is 369 g/mol. The summed E-state index contributed by atoms with van der Waals surface area (Å²) in [6.45, 7) is 5.67. The molecule has 0 bridgehead atoms. The van der Waals surface area contributed by atoms with Crippen LogP contribution in [0.5, 0.6) is 0 Å². The molecule has 0 amide bonds. The average Bonchev–Trinajstić information content (AvgIpc) is 3.30. The summed E-state index contributed by atoms with van der Waals surface area (Å²) >= 11 is 0. The Bertz CT molecular complexity index is 964. The van der Waals surface area contributed by atoms with Crippen molar-refractivity contribution in [3.05, 3.63) is 30.1 Å². The highest BCUT2D eigenvalue weighted by Gasteiger charge is 2.29. The van der Waals surface area contributed by atoms with E-state index in [-0.39, 0.29) is 12.0 Å². The first-order valence-corrected chi connectivity index (χ1v) is 9.18. The van der Waals surface area contributed by atoms with Gasteiger partial charge >= 0.3 is 5.97 Å². The van der Waals surface area contributed by atoms with Crippen molar-refractivity contribution >= 4 is 22.7 Å². The quantitative estimate of drug-likeness (QED) is 0.649. The van der Waals surface area contributed by atoms with E-state index in [1.54, 1.807) is 30.5 Å². The second kappa shape index (κ2) is 6.98. The molecule has 1 aliphatic rings. The fourth-order valence-electron chi connectivity index (χ4n) is 3.86. The first kappa shape index (κ1) is 17.4. The van der Waals surface area contributed by atoms with Gasteiger partial charge in [0.15, 0.2) is 5.65 Å². The van der Waals surface area contributed by atoms with Crippen molar-refractivity contribution in [1.82, 2.24) is 29.5 Å². The maximum atomic E-state index is 12.6. The Morgan fingerprint density at radius 2 is 2.26 bits per heavy atom. The molecule has 0 aromatic carbocycles. The summed E-state index contributed by atoms with van der Waals surface area (Å²) in [5.74, 6) is -0.354. The molecule has 4 heterocycles. The second-order valence-corrected chi connectivity index (χ2v) is 6.77. The number of rotatable bonds is 4. The van der Waals surface area contributed by atoms with Crippen molar-refractivity contribution in [2.45, 2.75) is 32.7 Å². The van der Waals surface area contributed by atoms with Crippen molar-refractivity contribution in [3.8, 4) is 0 Å². The summed E-state index contributed by atoms with van der Waals surface area (Å²) in [6, 6.07) is 0.205. The summed E-state index contributed by atoms with van der Waals surface area (Å²) in [7, 11) is 1.87. The summed E-state index contributed by atoms with van der Waals surface area (Å²) in [6.07, 6.45) is 6.93. The predicted molar refractivity (Wildman–Crippen MR) is 99.7 cm³/mol. The maximum Gasteiger partial charge on any atom is 0.341 e. The molecule has 0 aliphatic carbocycles. The van der Waals surface area contributed by atoms with Gasteiger partial charge in [-0.05, 0) is 26.7 Å². The molecule has 0 N–H and O–H groups in total. The number of aryl methyl sites for hydroxylation is 2. The van der Waals surface area contributed by atoms with Gasteiger partial charge in [0.25, 0.3) is 0 Å². The van der Waals surface area contributed by atoms with E-state index in [0.29, 0.717) is 12.2 Å². The van der Waals surface area contributed by atoms with Crippen LogP contribution in [-0.4, -0.2) is 55.2 Å². The lowest BCUT2D eigenvalue weighted by atomic mass is 10.0. The molecule has 142 valence electrons. The Morgan fingerprint density at radius 1 is 1.41 bits per heavy atom. The first-order chi connectivity index (χ1) is 13.1. The Kier molecular flexibility index (Phi) is 4.51. The normalized spacial score (nSPS) is 17.4. The van der Waals surface area contributed by atoms with Crippen LogP contribution in [0.2, 0.25) is 0 Å². The van der Waals surface area contributed by atoms with Crippen LogP contribution < -0.4 is 4.90 Å². The van der Waals surface area contributed by atoms with E-state index >= 15 is 0 Å². The Morgan fingerprint density at radius 3 is 3.00 bits per heavy atom. The molecule has 9 nitrogen and oxygen atoms in total. The number of carbonyl (C=O) groups excluding carboxylic acids is 1. The standard InChI is InChI=1S/C18H23N7O2/c1-4-27-18(26)14-8-20-17-15(12(2)22-23(17)3)16(14)24-7-5-6-13(9-24)25-11-19-10-21-25/h8,10-11,13H,4-7,9H2,1-3H3. The minimum Gasteiger partial charge on any atom is -0.462 e. The molecule has 0 spiro atoms. The fourth-order valence-corrected chi connectivity index (χ4v) is 3.86. The van der Waals surface area contributed by atoms with Crippen molar-refractivity contribution in [3.63, 3.8) is 0 Å². The highest BCUT2D eigenvalue weighted by molar-refractivity contribution is 6.05. The third-order valence-corrected chi connectivity index (χ3v) is 5.02. The van der Waals surface area contributed by atoms with E-state index in [0.717, 1.165) is 48.3 Å². The van der Waals surface area contributed by atoms with Gasteiger partial charge in [0.2, 0.25) is 0 Å². The van der Waals surface area contributed by atoms with Gasteiger partial charge in [-0.15, -0.1) is 0 Å². The van der Waals surface area contributed by atoms with Crippen molar-refractivity contribution in [1.29, 1.82) is 0 Å². The Balaban J connectivity index is 1.82. The minimum absolute atomic E-state index is 0.205. The van der Waals surface area contributed by atoms with Crippen molar-refractivity contribution in [2.24, 2.45) is 7.05 Å². The van der Waals surface area contributed by atoms with Gasteiger partial charge in [-0.1, -0.05) is 0 Å². The van der Waals surface area contributed by atoms with Gasteiger partial charge in [0, 0.05) is 26.3 Å². The summed E-state index contributed by atoms with van der Waals surface area (Å²) < 4.78 is 8.94. The minimum atomic E-state index is -0.354. The lowest BCUT2D eigenvalue weighted by molar-refractivity contribution is 0.0526. The molecule has 1 fully saturated rings. The lowest BCUT2D eigenvalue weighted by Gasteiger charge is -2.35. The number of nitrogens with zero attached hydrogens (tertiary/aromatic N) is 7. The van der Waals surface area contributed by atoms with E-state index in [1.165, 1.54) is 0 Å². The van der Waals surface area contributed by atoms with Crippen LogP contribution >= 0.6 is 0 Å². The van der Waals surface area contributed by atoms with E-state index < -0.39 is 0 Å². The SMILES string of the molecule is CCOC(=O)c1cnc2c(c(C)nn2C)c1N1CCCC(n2cncn2)C1. The molecular formula is C18H23N7O2. The van der Waals surface area contributed by atoms with Gasteiger partial charge in [-0.25, -0.2) is 19.4 Å². The number of ether oxygens (including phenoxy) is 1. The molecule has 1 aliphatic heterocycles. The molecule has 3 aromatic heterocycles. The number of pyridine rings is 1. The fraction of sp³-hybridized carbons (Fsp3) is 0.500. The van der Waals surface area contributed by atoms with Crippen molar-refractivity contribution in [2.75, 3.05) is 24.6 Å². The van der Waals surface area contributed by atoms with E-state index in [4.69, 9.17) is 4.74 Å². The summed E-state index contributed by atoms with van der Waals surface area (Å²) in [5.41, 5.74) is 2.95. The zero-order chi connectivity index (χ0) is 19.0. The van der Waals surface area contributed by atoms with E-state index in [2.05, 4.69) is 25.1 Å². The Labute approximate surface area is 157 Å². The summed E-state index contributed by atoms with van der Waals surface area (Å²) in [5, 5.41) is 9.71. The first-order valence-electron chi connectivity index (χ1n) is 9.18. The maximum absolute atomic E-state index is 12.6. The van der Waals surface area contributed by atoms with Crippen LogP contribution in [0.1, 0.15) is 41.9 Å². The highest BCUT2D eigenvalue weighted by atomic mass is 16.5. The number of anilines is 1. The lowest BCUT2D eigenvalue weighted by Crippen LogP contribution is -2.38. The predicted octanol–water partition coefficient (Wildman–Crippen LogP) is 1.89. The van der Waals surface area contributed by atoms with E-state index in [1.807, 2.05) is 18.7 Å². The van der Waals surface area contributed by atoms with Crippen LogP contribution in [0.25, 0.3) is 11.0 Å². The van der Waals surface area contributed by atoms with Crippen LogP contribution in [0.4, 0.5) is 5.69 Å². The molecule has 4 rings (SSSR count). The molecule has 1 saturated heterocycles. The smallest absolute Gasteiger partial charge is 0.341 e. The topological polar surface area (TPSA) is 91.0 Å². The zero-order valence-corrected chi connectivity index (χ0v) is 15.8. The van der Waals surface area contributed by atoms with Gasteiger partial charge in [0.05, 0.1) is 29.4 Å². The highest BCUT2D eigenvalue weighted by Crippen LogP contribution is 2.35. The van der Waals surface area contributed by atoms with Crippen LogP contribution in [-0.2, 0) is 11.8 Å². The van der Waals surface area contributed by atoms with Crippen LogP contribution in [0, 0.1) is 6.92 Å². The van der Waals surface area contributed by atoms with Crippen molar-refractivity contribution < 1.29 is 9.53 Å². The number of hydrogen-bond acceptors (Lipinski definition) is 7. The molecule has 0 saturated carbocycles. The zero-order valence-electron chi connectivity index (χ0n) is 15.8. The number of fused-ring (bicyclic) bond motifs is 1. The molecule has 3 aromatic rings. The second-order valence-electron chi connectivity index (χ2n) is 6.77. The number of aromatic nitrogens is 6. The Hall–Kier alpha value is -2.97. The van der Waals surface area contributed by atoms with E-state index in [9.17, 15) is 4.79 Å².